The summed E-state index contributed by atoms with van der Waals surface area (Å²) in [5.74, 6) is -1.64. The van der Waals surface area contributed by atoms with E-state index in [4.69, 9.17) is 0 Å². The third-order valence-corrected chi connectivity index (χ3v) is 5.32. The molecule has 0 aliphatic carbocycles. The summed E-state index contributed by atoms with van der Waals surface area (Å²) in [7, 11) is 0. The van der Waals surface area contributed by atoms with Gasteiger partial charge in [-0.25, -0.2) is 13.6 Å². The Labute approximate surface area is 168 Å². The molecule has 2 N–H and O–H groups in total. The predicted molar refractivity (Wildman–Crippen MR) is 111 cm³/mol. The highest BCUT2D eigenvalue weighted by Gasteiger charge is 2.21. The molecule has 0 saturated carbocycles. The molecular weight excluding hydrogens is 372 g/mol. The lowest BCUT2D eigenvalue weighted by molar-refractivity contribution is 0.189. The normalized spacial score (nSPS) is 15.4. The summed E-state index contributed by atoms with van der Waals surface area (Å²) in [4.78, 5) is 14.5. The SMILES string of the molecule is O=C(Nc1ccc2ccccc2c1)NC1CCN(Cc2ccc(F)c(F)c2)CC1. The molecule has 29 heavy (non-hydrogen) atoms. The van der Waals surface area contributed by atoms with Gasteiger partial charge in [-0.2, -0.15) is 0 Å². The van der Waals surface area contributed by atoms with Gasteiger partial charge in [-0.05, 0) is 53.4 Å². The highest BCUT2D eigenvalue weighted by Crippen LogP contribution is 2.19. The molecule has 4 rings (SSSR count). The number of hydrogen-bond donors (Lipinski definition) is 2. The molecule has 1 saturated heterocycles. The monoisotopic (exact) mass is 395 g/mol. The molecule has 1 aliphatic heterocycles. The molecule has 1 fully saturated rings. The topological polar surface area (TPSA) is 44.4 Å². The van der Waals surface area contributed by atoms with E-state index in [1.54, 1.807) is 6.07 Å². The van der Waals surface area contributed by atoms with E-state index in [1.165, 1.54) is 6.07 Å². The summed E-state index contributed by atoms with van der Waals surface area (Å²) in [6, 6.07) is 17.8. The van der Waals surface area contributed by atoms with Gasteiger partial charge in [0.2, 0.25) is 0 Å². The van der Waals surface area contributed by atoms with Gasteiger partial charge >= 0.3 is 6.03 Å². The number of amides is 2. The van der Waals surface area contributed by atoms with Crippen LogP contribution in [0.2, 0.25) is 0 Å². The van der Waals surface area contributed by atoms with Crippen LogP contribution in [0, 0.1) is 11.6 Å². The average molecular weight is 395 g/mol. The van der Waals surface area contributed by atoms with E-state index in [2.05, 4.69) is 15.5 Å². The number of rotatable bonds is 4. The van der Waals surface area contributed by atoms with E-state index in [0.717, 1.165) is 54.0 Å². The summed E-state index contributed by atoms with van der Waals surface area (Å²) < 4.78 is 26.4. The third-order valence-electron chi connectivity index (χ3n) is 5.32. The molecule has 1 aliphatic rings. The van der Waals surface area contributed by atoms with Crippen molar-refractivity contribution in [1.29, 1.82) is 0 Å². The van der Waals surface area contributed by atoms with Crippen LogP contribution in [0.1, 0.15) is 18.4 Å². The molecule has 4 nitrogen and oxygen atoms in total. The molecule has 0 radical (unpaired) electrons. The zero-order valence-electron chi connectivity index (χ0n) is 16.0. The van der Waals surface area contributed by atoms with Gasteiger partial charge in [-0.3, -0.25) is 4.90 Å². The molecular formula is C23H23F2N3O. The lowest BCUT2D eigenvalue weighted by Crippen LogP contribution is -2.45. The van der Waals surface area contributed by atoms with Gasteiger partial charge < -0.3 is 10.6 Å². The number of carbonyl (C=O) groups is 1. The summed E-state index contributed by atoms with van der Waals surface area (Å²) >= 11 is 0. The van der Waals surface area contributed by atoms with Crippen LogP contribution in [0.25, 0.3) is 10.8 Å². The number of hydrogen-bond acceptors (Lipinski definition) is 2. The fraction of sp³-hybridized carbons (Fsp3) is 0.261. The molecule has 1 heterocycles. The number of urea groups is 1. The van der Waals surface area contributed by atoms with E-state index < -0.39 is 11.6 Å². The second-order valence-electron chi connectivity index (χ2n) is 7.46. The van der Waals surface area contributed by atoms with Crippen LogP contribution in [-0.4, -0.2) is 30.1 Å². The van der Waals surface area contributed by atoms with Crippen LogP contribution in [0.3, 0.4) is 0 Å². The number of piperidine rings is 1. The first-order valence-electron chi connectivity index (χ1n) is 9.79. The van der Waals surface area contributed by atoms with Crippen molar-refractivity contribution in [2.75, 3.05) is 18.4 Å². The molecule has 0 spiro atoms. The number of nitrogens with one attached hydrogen (secondary N) is 2. The largest absolute Gasteiger partial charge is 0.335 e. The fourth-order valence-corrected chi connectivity index (χ4v) is 3.75. The molecule has 0 bridgehead atoms. The fourth-order valence-electron chi connectivity index (χ4n) is 3.75. The van der Waals surface area contributed by atoms with E-state index in [-0.39, 0.29) is 12.1 Å². The molecule has 150 valence electrons. The van der Waals surface area contributed by atoms with Crippen LogP contribution in [0.4, 0.5) is 19.3 Å². The van der Waals surface area contributed by atoms with Gasteiger partial charge in [0.1, 0.15) is 0 Å². The maximum absolute atomic E-state index is 13.4. The van der Waals surface area contributed by atoms with Crippen LogP contribution in [0.5, 0.6) is 0 Å². The van der Waals surface area contributed by atoms with Crippen molar-refractivity contribution in [2.45, 2.75) is 25.4 Å². The summed E-state index contributed by atoms with van der Waals surface area (Å²) in [5, 5.41) is 8.14. The van der Waals surface area contributed by atoms with Crippen molar-refractivity contribution >= 4 is 22.5 Å². The van der Waals surface area contributed by atoms with Crippen molar-refractivity contribution in [1.82, 2.24) is 10.2 Å². The van der Waals surface area contributed by atoms with E-state index in [1.807, 2.05) is 42.5 Å². The van der Waals surface area contributed by atoms with E-state index in [0.29, 0.717) is 6.54 Å². The highest BCUT2D eigenvalue weighted by molar-refractivity contribution is 5.93. The first kappa shape index (κ1) is 19.3. The van der Waals surface area contributed by atoms with Gasteiger partial charge in [0.05, 0.1) is 0 Å². The number of nitrogens with zero attached hydrogens (tertiary/aromatic N) is 1. The van der Waals surface area contributed by atoms with Gasteiger partial charge in [-0.1, -0.05) is 36.4 Å². The third kappa shape index (κ3) is 4.90. The number of fused-ring (bicyclic) bond motifs is 1. The lowest BCUT2D eigenvalue weighted by Gasteiger charge is -2.32. The number of halogens is 2. The number of benzene rings is 3. The smallest absolute Gasteiger partial charge is 0.319 e. The van der Waals surface area contributed by atoms with Crippen LogP contribution < -0.4 is 10.6 Å². The molecule has 3 aromatic rings. The van der Waals surface area contributed by atoms with Crippen molar-refractivity contribution < 1.29 is 13.6 Å². The Balaban J connectivity index is 1.26. The molecule has 6 heteroatoms. The van der Waals surface area contributed by atoms with Gasteiger partial charge in [0.25, 0.3) is 0 Å². The standard InChI is InChI=1S/C23H23F2N3O/c24-21-8-5-16(13-22(21)25)15-28-11-9-19(10-12-28)26-23(29)27-20-7-6-17-3-1-2-4-18(17)14-20/h1-8,13-14,19H,9-12,15H2,(H2,26,27,29). The quantitative estimate of drug-likeness (QED) is 0.660. The minimum absolute atomic E-state index is 0.0941. The second kappa shape index (κ2) is 8.57. The van der Waals surface area contributed by atoms with E-state index >= 15 is 0 Å². The average Bonchev–Trinajstić information content (AvgIpc) is 2.72. The Morgan fingerprint density at radius 2 is 1.69 bits per heavy atom. The molecule has 3 aromatic carbocycles. The Hall–Kier alpha value is -2.99. The Kier molecular flexibility index (Phi) is 5.71. The van der Waals surface area contributed by atoms with Gasteiger partial charge in [0.15, 0.2) is 11.6 Å². The molecule has 2 amide bonds. The summed E-state index contributed by atoms with van der Waals surface area (Å²) in [5.41, 5.74) is 1.52. The minimum Gasteiger partial charge on any atom is -0.335 e. The van der Waals surface area contributed by atoms with Crippen molar-refractivity contribution in [2.24, 2.45) is 0 Å². The first-order chi connectivity index (χ1) is 14.1. The van der Waals surface area contributed by atoms with Gasteiger partial charge in [-0.15, -0.1) is 0 Å². The Morgan fingerprint density at radius 3 is 2.45 bits per heavy atom. The van der Waals surface area contributed by atoms with Gasteiger partial charge in [0, 0.05) is 31.4 Å². The van der Waals surface area contributed by atoms with Crippen molar-refractivity contribution in [3.05, 3.63) is 77.9 Å². The maximum Gasteiger partial charge on any atom is 0.319 e. The summed E-state index contributed by atoms with van der Waals surface area (Å²) in [6.07, 6.45) is 1.63. The molecule has 0 atom stereocenters. The second-order valence-corrected chi connectivity index (χ2v) is 7.46. The zero-order chi connectivity index (χ0) is 20.2. The first-order valence-corrected chi connectivity index (χ1v) is 9.79. The number of anilines is 1. The number of carbonyl (C=O) groups excluding carboxylic acids is 1. The highest BCUT2D eigenvalue weighted by atomic mass is 19.2. The Bertz CT molecular complexity index is 1020. The minimum atomic E-state index is -0.825. The van der Waals surface area contributed by atoms with Crippen LogP contribution >= 0.6 is 0 Å². The van der Waals surface area contributed by atoms with Crippen LogP contribution in [-0.2, 0) is 6.54 Å². The lowest BCUT2D eigenvalue weighted by atomic mass is 10.0. The van der Waals surface area contributed by atoms with Crippen LogP contribution in [0.15, 0.2) is 60.7 Å². The molecule has 0 aromatic heterocycles. The maximum atomic E-state index is 13.4. The zero-order valence-corrected chi connectivity index (χ0v) is 16.0. The van der Waals surface area contributed by atoms with E-state index in [9.17, 15) is 13.6 Å². The Morgan fingerprint density at radius 1 is 0.931 bits per heavy atom. The molecule has 0 unspecified atom stereocenters. The summed E-state index contributed by atoms with van der Waals surface area (Å²) in [6.45, 7) is 2.16. The van der Waals surface area contributed by atoms with Crippen molar-refractivity contribution in [3.8, 4) is 0 Å². The number of likely N-dealkylation sites (tertiary alicyclic amines) is 1. The van der Waals surface area contributed by atoms with Crippen molar-refractivity contribution in [3.63, 3.8) is 0 Å². The predicted octanol–water partition coefficient (Wildman–Crippen LogP) is 4.90.